The first-order valence-electron chi connectivity index (χ1n) is 8.30. The second kappa shape index (κ2) is 7.01. The van der Waals surface area contributed by atoms with E-state index in [9.17, 15) is 4.79 Å². The van der Waals surface area contributed by atoms with E-state index in [0.29, 0.717) is 11.6 Å². The van der Waals surface area contributed by atoms with Crippen molar-refractivity contribution in [3.05, 3.63) is 48.3 Å². The summed E-state index contributed by atoms with van der Waals surface area (Å²) in [6.45, 7) is 4.41. The van der Waals surface area contributed by atoms with Gasteiger partial charge in [-0.25, -0.2) is 0 Å². The van der Waals surface area contributed by atoms with Crippen LogP contribution in [0.15, 0.2) is 42.7 Å². The molecule has 1 amide bonds. The zero-order valence-electron chi connectivity index (χ0n) is 14.5. The maximum Gasteiger partial charge on any atom is 0.255 e. The second-order valence-electron chi connectivity index (χ2n) is 6.51. The highest BCUT2D eigenvalue weighted by Gasteiger charge is 2.22. The Balaban J connectivity index is 1.82. The fraction of sp³-hybridized carbons (Fsp3) is 0.368. The normalized spacial score (nSPS) is 17.6. The van der Waals surface area contributed by atoms with Crippen molar-refractivity contribution >= 4 is 11.6 Å². The molecule has 1 N–H and O–H groups in total. The molecule has 0 aliphatic carbocycles. The van der Waals surface area contributed by atoms with E-state index in [2.05, 4.69) is 46.4 Å². The van der Waals surface area contributed by atoms with Crippen molar-refractivity contribution in [2.24, 2.45) is 0 Å². The van der Waals surface area contributed by atoms with Crippen LogP contribution < -0.4 is 10.2 Å². The van der Waals surface area contributed by atoms with Crippen LogP contribution in [0.5, 0.6) is 0 Å². The van der Waals surface area contributed by atoms with Gasteiger partial charge in [-0.2, -0.15) is 0 Å². The number of anilines is 1. The molecule has 1 aromatic carbocycles. The molecule has 1 aliphatic heterocycles. The van der Waals surface area contributed by atoms with E-state index in [4.69, 9.17) is 0 Å². The van der Waals surface area contributed by atoms with Crippen molar-refractivity contribution in [3.63, 3.8) is 0 Å². The van der Waals surface area contributed by atoms with Crippen molar-refractivity contribution < 1.29 is 4.79 Å². The van der Waals surface area contributed by atoms with Gasteiger partial charge in [-0.3, -0.25) is 9.78 Å². The molecule has 1 saturated heterocycles. The molecule has 1 aliphatic rings. The van der Waals surface area contributed by atoms with Gasteiger partial charge in [-0.05, 0) is 30.7 Å². The summed E-state index contributed by atoms with van der Waals surface area (Å²) >= 11 is 0. The predicted octanol–water partition coefficient (Wildman–Crippen LogP) is 2.25. The number of nitrogens with one attached hydrogen (secondary N) is 1. The van der Waals surface area contributed by atoms with E-state index < -0.39 is 0 Å². The average molecular weight is 324 g/mol. The summed E-state index contributed by atoms with van der Waals surface area (Å²) in [7, 11) is 4.04. The largest absolute Gasteiger partial charge is 0.378 e. The Kier molecular flexibility index (Phi) is 4.81. The number of amides is 1. The van der Waals surface area contributed by atoms with Gasteiger partial charge in [0.25, 0.3) is 5.91 Å². The fourth-order valence-electron chi connectivity index (χ4n) is 2.97. The van der Waals surface area contributed by atoms with Crippen LogP contribution in [0.3, 0.4) is 0 Å². The van der Waals surface area contributed by atoms with Crippen LogP contribution in [0, 0.1) is 0 Å². The van der Waals surface area contributed by atoms with E-state index >= 15 is 0 Å². The zero-order chi connectivity index (χ0) is 17.1. The van der Waals surface area contributed by atoms with Gasteiger partial charge < -0.3 is 15.1 Å². The first kappa shape index (κ1) is 16.5. The van der Waals surface area contributed by atoms with E-state index in [0.717, 1.165) is 36.4 Å². The molecule has 24 heavy (non-hydrogen) atoms. The van der Waals surface area contributed by atoms with Crippen molar-refractivity contribution in [3.8, 4) is 11.1 Å². The van der Waals surface area contributed by atoms with E-state index in [-0.39, 0.29) is 5.91 Å². The summed E-state index contributed by atoms with van der Waals surface area (Å²) in [5.41, 5.74) is 3.83. The van der Waals surface area contributed by atoms with Crippen LogP contribution >= 0.6 is 0 Å². The van der Waals surface area contributed by atoms with Crippen LogP contribution in [-0.2, 0) is 0 Å². The molecule has 0 radical (unpaired) electrons. The minimum absolute atomic E-state index is 0.0580. The highest BCUT2D eigenvalue weighted by molar-refractivity contribution is 5.95. The van der Waals surface area contributed by atoms with E-state index in [1.54, 1.807) is 6.20 Å². The van der Waals surface area contributed by atoms with Gasteiger partial charge in [0.2, 0.25) is 0 Å². The summed E-state index contributed by atoms with van der Waals surface area (Å²) in [4.78, 5) is 21.0. The molecular weight excluding hydrogens is 300 g/mol. The second-order valence-corrected chi connectivity index (χ2v) is 6.51. The Labute approximate surface area is 143 Å². The van der Waals surface area contributed by atoms with E-state index in [1.165, 1.54) is 0 Å². The predicted molar refractivity (Wildman–Crippen MR) is 97.4 cm³/mol. The van der Waals surface area contributed by atoms with Gasteiger partial charge in [-0.1, -0.05) is 12.1 Å². The number of nitrogens with zero attached hydrogens (tertiary/aromatic N) is 3. The van der Waals surface area contributed by atoms with E-state index in [1.807, 2.05) is 31.3 Å². The van der Waals surface area contributed by atoms with Gasteiger partial charge in [-0.15, -0.1) is 0 Å². The highest BCUT2D eigenvalue weighted by atomic mass is 16.2. The fourth-order valence-corrected chi connectivity index (χ4v) is 2.97. The molecule has 1 atom stereocenters. The molecule has 1 fully saturated rings. The van der Waals surface area contributed by atoms with Gasteiger partial charge in [0.15, 0.2) is 0 Å². The third-order valence-corrected chi connectivity index (χ3v) is 4.36. The van der Waals surface area contributed by atoms with Gasteiger partial charge in [0, 0.05) is 63.4 Å². The van der Waals surface area contributed by atoms with Gasteiger partial charge in [0.1, 0.15) is 0 Å². The smallest absolute Gasteiger partial charge is 0.255 e. The molecule has 0 bridgehead atoms. The number of hydrogen-bond donors (Lipinski definition) is 1. The monoisotopic (exact) mass is 324 g/mol. The molecule has 0 spiro atoms. The lowest BCUT2D eigenvalue weighted by molar-refractivity contribution is 0.0708. The van der Waals surface area contributed by atoms with Crippen LogP contribution in [0.1, 0.15) is 17.3 Å². The third-order valence-electron chi connectivity index (χ3n) is 4.36. The van der Waals surface area contributed by atoms with Crippen LogP contribution in [-0.4, -0.2) is 55.6 Å². The first-order chi connectivity index (χ1) is 11.5. The number of piperazine rings is 1. The number of carbonyl (C=O) groups is 1. The SMILES string of the molecule is CC1CN(C(=O)c2cncc(-c3ccc(N(C)C)cc3)c2)CCN1. The molecule has 0 saturated carbocycles. The van der Waals surface area contributed by atoms with Crippen molar-refractivity contribution in [1.29, 1.82) is 0 Å². The topological polar surface area (TPSA) is 48.5 Å². The Hall–Kier alpha value is -2.40. The van der Waals surface area contributed by atoms with Crippen molar-refractivity contribution in [1.82, 2.24) is 15.2 Å². The lowest BCUT2D eigenvalue weighted by Crippen LogP contribution is -2.51. The third kappa shape index (κ3) is 3.57. The number of carbonyl (C=O) groups excluding carboxylic acids is 1. The molecule has 1 aromatic heterocycles. The molecule has 5 nitrogen and oxygen atoms in total. The maximum absolute atomic E-state index is 12.7. The molecule has 126 valence electrons. The molecular formula is C19H24N4O. The van der Waals surface area contributed by atoms with Crippen LogP contribution in [0.2, 0.25) is 0 Å². The number of aromatic nitrogens is 1. The highest BCUT2D eigenvalue weighted by Crippen LogP contribution is 2.23. The summed E-state index contributed by atoms with van der Waals surface area (Å²) in [5, 5.41) is 3.36. The first-order valence-corrected chi connectivity index (χ1v) is 8.30. The van der Waals surface area contributed by atoms with Crippen molar-refractivity contribution in [2.75, 3.05) is 38.6 Å². The Morgan fingerprint density at radius 3 is 2.62 bits per heavy atom. The summed E-state index contributed by atoms with van der Waals surface area (Å²) in [6.07, 6.45) is 3.47. The van der Waals surface area contributed by atoms with Gasteiger partial charge >= 0.3 is 0 Å². The van der Waals surface area contributed by atoms with Gasteiger partial charge in [0.05, 0.1) is 5.56 Å². The Morgan fingerprint density at radius 1 is 1.21 bits per heavy atom. The number of benzene rings is 1. The molecule has 2 aromatic rings. The summed E-state index contributed by atoms with van der Waals surface area (Å²) in [6, 6.07) is 10.5. The standard InChI is InChI=1S/C19H24N4O/c1-14-13-23(9-8-21-14)19(24)17-10-16(11-20-12-17)15-4-6-18(7-5-15)22(2)3/h4-7,10-12,14,21H,8-9,13H2,1-3H3. The van der Waals surface area contributed by atoms with Crippen LogP contribution in [0.4, 0.5) is 5.69 Å². The Morgan fingerprint density at radius 2 is 1.96 bits per heavy atom. The summed E-state index contributed by atoms with van der Waals surface area (Å²) in [5.74, 6) is 0.0580. The van der Waals surface area contributed by atoms with Crippen LogP contribution in [0.25, 0.3) is 11.1 Å². The number of pyridine rings is 1. The molecule has 1 unspecified atom stereocenters. The molecule has 2 heterocycles. The molecule has 3 rings (SSSR count). The quantitative estimate of drug-likeness (QED) is 0.941. The lowest BCUT2D eigenvalue weighted by Gasteiger charge is -2.31. The molecule has 5 heteroatoms. The maximum atomic E-state index is 12.7. The number of hydrogen-bond acceptors (Lipinski definition) is 4. The minimum atomic E-state index is 0.0580. The van der Waals surface area contributed by atoms with Crippen molar-refractivity contribution in [2.45, 2.75) is 13.0 Å². The minimum Gasteiger partial charge on any atom is -0.378 e. The lowest BCUT2D eigenvalue weighted by atomic mass is 10.0. The number of rotatable bonds is 3. The zero-order valence-corrected chi connectivity index (χ0v) is 14.5. The Bertz CT molecular complexity index is 712. The summed E-state index contributed by atoms with van der Waals surface area (Å²) < 4.78 is 0. The average Bonchev–Trinajstić information content (AvgIpc) is 2.61.